The zero-order valence-corrected chi connectivity index (χ0v) is 14.6. The molecule has 1 unspecified atom stereocenters. The SMILES string of the molecule is O=C1CC(C(=O)N2CC[C@@H]3CNC[C@@H]32)CN1c1ccc2c(c1)OCCO2. The molecule has 3 fully saturated rings. The van der Waals surface area contributed by atoms with E-state index in [0.29, 0.717) is 43.2 Å². The maximum atomic E-state index is 13.0. The lowest BCUT2D eigenvalue weighted by atomic mass is 10.0. The van der Waals surface area contributed by atoms with Gasteiger partial charge in [0.25, 0.3) is 0 Å². The van der Waals surface area contributed by atoms with E-state index >= 15 is 0 Å². The molecule has 0 aliphatic carbocycles. The van der Waals surface area contributed by atoms with Crippen LogP contribution in [0.1, 0.15) is 12.8 Å². The van der Waals surface area contributed by atoms with Crippen LogP contribution < -0.4 is 19.7 Å². The largest absolute Gasteiger partial charge is 0.486 e. The van der Waals surface area contributed by atoms with Gasteiger partial charge in [0, 0.05) is 50.4 Å². The van der Waals surface area contributed by atoms with Gasteiger partial charge < -0.3 is 24.6 Å². The van der Waals surface area contributed by atoms with E-state index in [4.69, 9.17) is 9.47 Å². The number of amides is 2. The molecule has 3 atom stereocenters. The summed E-state index contributed by atoms with van der Waals surface area (Å²) in [6.45, 7) is 4.20. The highest BCUT2D eigenvalue weighted by Gasteiger charge is 2.44. The van der Waals surface area contributed by atoms with E-state index in [1.54, 1.807) is 4.90 Å². The number of hydrogen-bond acceptors (Lipinski definition) is 5. The number of nitrogens with zero attached hydrogens (tertiary/aromatic N) is 2. The molecular formula is C19H23N3O4. The zero-order chi connectivity index (χ0) is 17.7. The summed E-state index contributed by atoms with van der Waals surface area (Å²) in [4.78, 5) is 29.3. The van der Waals surface area contributed by atoms with Gasteiger partial charge in [-0.15, -0.1) is 0 Å². The predicted octanol–water partition coefficient (Wildman–Crippen LogP) is 0.631. The Morgan fingerprint density at radius 1 is 1.15 bits per heavy atom. The third-order valence-electron chi connectivity index (χ3n) is 6.04. The molecular weight excluding hydrogens is 334 g/mol. The Morgan fingerprint density at radius 2 is 2.00 bits per heavy atom. The number of anilines is 1. The van der Waals surface area contributed by atoms with Crippen molar-refractivity contribution in [3.05, 3.63) is 18.2 Å². The van der Waals surface area contributed by atoms with Crippen LogP contribution in [0.5, 0.6) is 11.5 Å². The van der Waals surface area contributed by atoms with Crippen LogP contribution in [0, 0.1) is 11.8 Å². The highest BCUT2D eigenvalue weighted by molar-refractivity contribution is 6.00. The average molecular weight is 357 g/mol. The third-order valence-corrected chi connectivity index (χ3v) is 6.04. The average Bonchev–Trinajstić information content (AvgIpc) is 3.36. The van der Waals surface area contributed by atoms with Crippen LogP contribution in [0.15, 0.2) is 18.2 Å². The molecule has 4 aliphatic rings. The predicted molar refractivity (Wildman–Crippen MR) is 94.4 cm³/mol. The van der Waals surface area contributed by atoms with E-state index < -0.39 is 0 Å². The highest BCUT2D eigenvalue weighted by Crippen LogP contribution is 2.37. The quantitative estimate of drug-likeness (QED) is 0.841. The lowest BCUT2D eigenvalue weighted by Crippen LogP contribution is -2.43. The number of carbonyl (C=O) groups is 2. The summed E-state index contributed by atoms with van der Waals surface area (Å²) < 4.78 is 11.2. The number of hydrogen-bond donors (Lipinski definition) is 1. The fourth-order valence-electron chi connectivity index (χ4n) is 4.68. The molecule has 0 bridgehead atoms. The number of likely N-dealkylation sites (tertiary alicyclic amines) is 1. The van der Waals surface area contributed by atoms with Crippen molar-refractivity contribution in [3.63, 3.8) is 0 Å². The van der Waals surface area contributed by atoms with E-state index in [1.165, 1.54) is 0 Å². The van der Waals surface area contributed by atoms with Crippen LogP contribution in [0.4, 0.5) is 5.69 Å². The molecule has 1 aromatic rings. The minimum absolute atomic E-state index is 0.000298. The molecule has 138 valence electrons. The van der Waals surface area contributed by atoms with E-state index in [0.717, 1.165) is 31.7 Å². The number of nitrogens with one attached hydrogen (secondary N) is 1. The molecule has 0 aromatic heterocycles. The van der Waals surface area contributed by atoms with Crippen molar-refractivity contribution in [2.45, 2.75) is 18.9 Å². The number of benzene rings is 1. The molecule has 1 aromatic carbocycles. The summed E-state index contributed by atoms with van der Waals surface area (Å²) in [5, 5.41) is 3.38. The second-order valence-corrected chi connectivity index (χ2v) is 7.54. The van der Waals surface area contributed by atoms with E-state index in [2.05, 4.69) is 5.32 Å². The summed E-state index contributed by atoms with van der Waals surface area (Å²) in [6.07, 6.45) is 1.35. The van der Waals surface area contributed by atoms with Crippen LogP contribution in [-0.4, -0.2) is 62.1 Å². The molecule has 2 amide bonds. The molecule has 4 aliphatic heterocycles. The minimum Gasteiger partial charge on any atom is -0.486 e. The van der Waals surface area contributed by atoms with Gasteiger partial charge in [0.2, 0.25) is 11.8 Å². The van der Waals surface area contributed by atoms with Gasteiger partial charge in [-0.3, -0.25) is 9.59 Å². The van der Waals surface area contributed by atoms with E-state index in [-0.39, 0.29) is 24.2 Å². The van der Waals surface area contributed by atoms with Crippen LogP contribution in [-0.2, 0) is 9.59 Å². The summed E-state index contributed by atoms with van der Waals surface area (Å²) in [5.41, 5.74) is 0.774. The van der Waals surface area contributed by atoms with Gasteiger partial charge in [0.15, 0.2) is 11.5 Å². The smallest absolute Gasteiger partial charge is 0.228 e. The molecule has 26 heavy (non-hydrogen) atoms. The van der Waals surface area contributed by atoms with E-state index in [1.807, 2.05) is 23.1 Å². The van der Waals surface area contributed by atoms with Crippen molar-refractivity contribution in [1.29, 1.82) is 0 Å². The van der Waals surface area contributed by atoms with Crippen LogP contribution in [0.2, 0.25) is 0 Å². The topological polar surface area (TPSA) is 71.1 Å². The first-order valence-corrected chi connectivity index (χ1v) is 9.42. The molecule has 1 N–H and O–H groups in total. The lowest BCUT2D eigenvalue weighted by molar-refractivity contribution is -0.136. The Balaban J connectivity index is 1.32. The first-order valence-electron chi connectivity index (χ1n) is 9.42. The first kappa shape index (κ1) is 15.9. The third kappa shape index (κ3) is 2.53. The van der Waals surface area contributed by atoms with Crippen molar-refractivity contribution in [2.75, 3.05) is 44.3 Å². The fourth-order valence-corrected chi connectivity index (χ4v) is 4.68. The summed E-state index contributed by atoms with van der Waals surface area (Å²) in [6, 6.07) is 5.85. The molecule has 7 nitrogen and oxygen atoms in total. The number of carbonyl (C=O) groups excluding carboxylic acids is 2. The van der Waals surface area contributed by atoms with Crippen molar-refractivity contribution in [3.8, 4) is 11.5 Å². The Bertz CT molecular complexity index is 752. The maximum absolute atomic E-state index is 13.0. The molecule has 0 spiro atoms. The van der Waals surface area contributed by atoms with Crippen molar-refractivity contribution in [1.82, 2.24) is 10.2 Å². The Kier molecular flexibility index (Phi) is 3.77. The van der Waals surface area contributed by atoms with Crippen molar-refractivity contribution >= 4 is 17.5 Å². The van der Waals surface area contributed by atoms with Crippen LogP contribution >= 0.6 is 0 Å². The Labute approximate surface area is 152 Å². The molecule has 5 rings (SSSR count). The highest BCUT2D eigenvalue weighted by atomic mass is 16.6. The second-order valence-electron chi connectivity index (χ2n) is 7.54. The van der Waals surface area contributed by atoms with Gasteiger partial charge in [0.1, 0.15) is 13.2 Å². The van der Waals surface area contributed by atoms with Gasteiger partial charge in [0.05, 0.1) is 5.92 Å². The van der Waals surface area contributed by atoms with Gasteiger partial charge in [-0.05, 0) is 24.5 Å². The standard InChI is InChI=1S/C19H23N3O4/c23-18-7-13(19(24)21-4-3-12-9-20-10-15(12)21)11-22(18)14-1-2-16-17(8-14)26-6-5-25-16/h1-2,8,12-13,15,20H,3-7,9-11H2/t12-,13?,15+/m1/s1. The Morgan fingerprint density at radius 3 is 2.88 bits per heavy atom. The van der Waals surface area contributed by atoms with Crippen LogP contribution in [0.3, 0.4) is 0 Å². The first-order chi connectivity index (χ1) is 12.7. The molecule has 7 heteroatoms. The van der Waals surface area contributed by atoms with Crippen molar-refractivity contribution in [2.24, 2.45) is 11.8 Å². The fraction of sp³-hybridized carbons (Fsp3) is 0.579. The van der Waals surface area contributed by atoms with Gasteiger partial charge in [-0.1, -0.05) is 0 Å². The zero-order valence-electron chi connectivity index (χ0n) is 14.6. The molecule has 0 radical (unpaired) electrons. The van der Waals surface area contributed by atoms with Gasteiger partial charge >= 0.3 is 0 Å². The number of rotatable bonds is 2. The van der Waals surface area contributed by atoms with E-state index in [9.17, 15) is 9.59 Å². The summed E-state index contributed by atoms with van der Waals surface area (Å²) >= 11 is 0. The number of ether oxygens (including phenoxy) is 2. The Hall–Kier alpha value is -2.28. The lowest BCUT2D eigenvalue weighted by Gasteiger charge is -2.26. The minimum atomic E-state index is -0.255. The molecule has 4 heterocycles. The monoisotopic (exact) mass is 357 g/mol. The summed E-state index contributed by atoms with van der Waals surface area (Å²) in [7, 11) is 0. The maximum Gasteiger partial charge on any atom is 0.228 e. The van der Waals surface area contributed by atoms with Crippen LogP contribution in [0.25, 0.3) is 0 Å². The van der Waals surface area contributed by atoms with Gasteiger partial charge in [-0.2, -0.15) is 0 Å². The summed E-state index contributed by atoms with van der Waals surface area (Å²) in [5.74, 6) is 1.82. The molecule has 3 saturated heterocycles. The number of fused-ring (bicyclic) bond motifs is 2. The molecule has 0 saturated carbocycles. The normalized spacial score (nSPS) is 30.0. The van der Waals surface area contributed by atoms with Crippen molar-refractivity contribution < 1.29 is 19.1 Å². The second kappa shape index (κ2) is 6.16. The van der Waals surface area contributed by atoms with Gasteiger partial charge in [-0.25, -0.2) is 0 Å².